The SMILES string of the molecule is CC1CCCN(S(=O)(=O)c2cccc(-c3nn(-c4ccccc4)cc3C=C3SC(=S)N(C(C)c4ccccc4)C3=O)c2)C1. The van der Waals surface area contributed by atoms with Crippen LogP contribution in [0.5, 0.6) is 0 Å². The molecule has 4 aromatic rings. The Morgan fingerprint density at radius 1 is 1.02 bits per heavy atom. The van der Waals surface area contributed by atoms with Crippen molar-refractivity contribution in [1.82, 2.24) is 19.0 Å². The van der Waals surface area contributed by atoms with Crippen molar-refractivity contribution in [3.05, 3.63) is 107 Å². The summed E-state index contributed by atoms with van der Waals surface area (Å²) in [5, 5.41) is 4.88. The molecule has 2 unspecified atom stereocenters. The summed E-state index contributed by atoms with van der Waals surface area (Å²) < 4.78 is 31.1. The zero-order chi connectivity index (χ0) is 30.1. The summed E-state index contributed by atoms with van der Waals surface area (Å²) in [5.74, 6) is 0.156. The largest absolute Gasteiger partial charge is 0.286 e. The Hall–Kier alpha value is -3.57. The van der Waals surface area contributed by atoms with E-state index in [0.717, 1.165) is 24.1 Å². The first-order valence-corrected chi connectivity index (χ1v) is 17.0. The van der Waals surface area contributed by atoms with E-state index >= 15 is 0 Å². The Morgan fingerprint density at radius 3 is 2.47 bits per heavy atom. The minimum Gasteiger partial charge on any atom is -0.286 e. The number of carbonyl (C=O) groups is 1. The van der Waals surface area contributed by atoms with E-state index in [-0.39, 0.29) is 16.8 Å². The number of hydrogen-bond acceptors (Lipinski definition) is 6. The van der Waals surface area contributed by atoms with E-state index in [1.165, 1.54) is 11.8 Å². The highest BCUT2D eigenvalue weighted by molar-refractivity contribution is 8.26. The summed E-state index contributed by atoms with van der Waals surface area (Å²) in [4.78, 5) is 16.1. The van der Waals surface area contributed by atoms with Gasteiger partial charge in [-0.1, -0.05) is 91.6 Å². The zero-order valence-corrected chi connectivity index (χ0v) is 26.4. The minimum absolute atomic E-state index is 0.166. The fraction of sp³-hybridized carbons (Fsp3) is 0.242. The third-order valence-corrected chi connectivity index (χ3v) is 11.1. The molecule has 220 valence electrons. The summed E-state index contributed by atoms with van der Waals surface area (Å²) in [5.41, 5.74) is 3.77. The number of nitrogens with zero attached hydrogens (tertiary/aromatic N) is 4. The van der Waals surface area contributed by atoms with Gasteiger partial charge in [0, 0.05) is 30.4 Å². The predicted octanol–water partition coefficient (Wildman–Crippen LogP) is 6.92. The van der Waals surface area contributed by atoms with E-state index in [0.29, 0.717) is 45.1 Å². The Labute approximate surface area is 262 Å². The van der Waals surface area contributed by atoms with Gasteiger partial charge in [-0.25, -0.2) is 13.1 Å². The summed E-state index contributed by atoms with van der Waals surface area (Å²) in [6.07, 6.45) is 5.56. The lowest BCUT2D eigenvalue weighted by Crippen LogP contribution is -2.39. The second kappa shape index (κ2) is 12.2. The molecule has 43 heavy (non-hydrogen) atoms. The number of thiocarbonyl (C=S) groups is 1. The third kappa shape index (κ3) is 5.97. The van der Waals surface area contributed by atoms with Crippen LogP contribution in [0.4, 0.5) is 0 Å². The number of thioether (sulfide) groups is 1. The fourth-order valence-electron chi connectivity index (χ4n) is 5.58. The van der Waals surface area contributed by atoms with Crippen LogP contribution in [0.3, 0.4) is 0 Å². The summed E-state index contributed by atoms with van der Waals surface area (Å²) >= 11 is 6.92. The third-order valence-electron chi connectivity index (χ3n) is 7.91. The number of aromatic nitrogens is 2. The summed E-state index contributed by atoms with van der Waals surface area (Å²) in [6.45, 7) is 5.10. The molecule has 2 atom stereocenters. The maximum absolute atomic E-state index is 13.7. The van der Waals surface area contributed by atoms with Crippen molar-refractivity contribution < 1.29 is 13.2 Å². The van der Waals surface area contributed by atoms with Crippen molar-refractivity contribution in [3.63, 3.8) is 0 Å². The van der Waals surface area contributed by atoms with Gasteiger partial charge in [0.2, 0.25) is 10.0 Å². The summed E-state index contributed by atoms with van der Waals surface area (Å²) in [6, 6.07) is 26.2. The van der Waals surface area contributed by atoms with Crippen molar-refractivity contribution in [2.75, 3.05) is 13.1 Å². The molecule has 3 aromatic carbocycles. The molecule has 2 aliphatic rings. The molecule has 1 amide bonds. The van der Waals surface area contributed by atoms with Crippen LogP contribution in [0.15, 0.2) is 101 Å². The highest BCUT2D eigenvalue weighted by Crippen LogP contribution is 2.39. The molecule has 0 saturated carbocycles. The van der Waals surface area contributed by atoms with E-state index in [4.69, 9.17) is 17.3 Å². The van der Waals surface area contributed by atoms with Crippen LogP contribution in [0, 0.1) is 5.92 Å². The van der Waals surface area contributed by atoms with Crippen LogP contribution in [0.25, 0.3) is 23.0 Å². The number of benzene rings is 3. The average molecular weight is 629 g/mol. The monoisotopic (exact) mass is 628 g/mol. The standard InChI is InChI=1S/C33H32N4O3S3/c1-23-11-10-18-35(21-23)43(39,40)29-17-9-14-26(19-29)31-27(22-36(34-31)28-15-7-4-8-16-28)20-30-32(38)37(33(41)42-30)24(2)25-12-5-3-6-13-25/h3-9,12-17,19-20,22-24H,10-11,18,21H2,1-2H3. The number of piperidine rings is 1. The van der Waals surface area contributed by atoms with E-state index in [1.807, 2.05) is 85.9 Å². The van der Waals surface area contributed by atoms with Crippen molar-refractivity contribution >= 4 is 50.3 Å². The molecule has 6 rings (SSSR count). The first-order chi connectivity index (χ1) is 20.7. The molecule has 0 aliphatic carbocycles. The van der Waals surface area contributed by atoms with Crippen LogP contribution in [-0.4, -0.2) is 50.7 Å². The normalized spacial score (nSPS) is 19.7. The van der Waals surface area contributed by atoms with E-state index < -0.39 is 10.0 Å². The Bertz CT molecular complexity index is 1800. The second-order valence-corrected chi connectivity index (χ2v) is 14.6. The van der Waals surface area contributed by atoms with Gasteiger partial charge in [0.05, 0.1) is 21.5 Å². The highest BCUT2D eigenvalue weighted by Gasteiger charge is 2.36. The Kier molecular flexibility index (Phi) is 8.37. The average Bonchev–Trinajstić information content (AvgIpc) is 3.57. The molecular formula is C33H32N4O3S3. The van der Waals surface area contributed by atoms with Gasteiger partial charge in [-0.05, 0) is 61.6 Å². The number of hydrogen-bond donors (Lipinski definition) is 0. The van der Waals surface area contributed by atoms with Crippen LogP contribution >= 0.6 is 24.0 Å². The molecule has 0 N–H and O–H groups in total. The molecule has 7 nitrogen and oxygen atoms in total. The number of para-hydroxylation sites is 1. The zero-order valence-electron chi connectivity index (χ0n) is 24.0. The molecule has 10 heteroatoms. The molecule has 1 aromatic heterocycles. The van der Waals surface area contributed by atoms with Crippen LogP contribution in [0.1, 0.15) is 43.9 Å². The van der Waals surface area contributed by atoms with Gasteiger partial charge in [0.25, 0.3) is 5.91 Å². The van der Waals surface area contributed by atoms with Crippen LogP contribution in [-0.2, 0) is 14.8 Å². The van der Waals surface area contributed by atoms with Crippen LogP contribution in [0.2, 0.25) is 0 Å². The lowest BCUT2D eigenvalue weighted by Gasteiger charge is -2.30. The first kappa shape index (κ1) is 29.5. The predicted molar refractivity (Wildman–Crippen MR) is 176 cm³/mol. The lowest BCUT2D eigenvalue weighted by molar-refractivity contribution is -0.123. The van der Waals surface area contributed by atoms with Crippen molar-refractivity contribution in [2.24, 2.45) is 5.92 Å². The van der Waals surface area contributed by atoms with Gasteiger partial charge >= 0.3 is 0 Å². The minimum atomic E-state index is -3.66. The van der Waals surface area contributed by atoms with Gasteiger partial charge in [-0.2, -0.15) is 9.40 Å². The summed E-state index contributed by atoms with van der Waals surface area (Å²) in [7, 11) is -3.66. The van der Waals surface area contributed by atoms with Crippen molar-refractivity contribution in [3.8, 4) is 16.9 Å². The highest BCUT2D eigenvalue weighted by atomic mass is 32.2. The maximum atomic E-state index is 13.7. The molecule has 2 aliphatic heterocycles. The number of sulfonamides is 1. The molecule has 0 spiro atoms. The van der Waals surface area contributed by atoms with Crippen molar-refractivity contribution in [2.45, 2.75) is 37.6 Å². The molecule has 0 bridgehead atoms. The topological polar surface area (TPSA) is 75.5 Å². The maximum Gasteiger partial charge on any atom is 0.266 e. The smallest absolute Gasteiger partial charge is 0.266 e. The van der Waals surface area contributed by atoms with E-state index in [9.17, 15) is 13.2 Å². The van der Waals surface area contributed by atoms with Gasteiger partial charge in [0.15, 0.2) is 0 Å². The molecule has 3 heterocycles. The molecule has 0 radical (unpaired) electrons. The first-order valence-electron chi connectivity index (χ1n) is 14.3. The molecule has 2 saturated heterocycles. The molecule has 2 fully saturated rings. The van der Waals surface area contributed by atoms with Gasteiger partial charge in [-0.3, -0.25) is 9.69 Å². The second-order valence-electron chi connectivity index (χ2n) is 11.0. The van der Waals surface area contributed by atoms with Gasteiger partial charge in [0.1, 0.15) is 10.0 Å². The number of rotatable bonds is 7. The lowest BCUT2D eigenvalue weighted by atomic mass is 10.0. The quantitative estimate of drug-likeness (QED) is 0.163. The fourth-order valence-corrected chi connectivity index (χ4v) is 8.64. The van der Waals surface area contributed by atoms with E-state index in [2.05, 4.69) is 6.92 Å². The number of carbonyl (C=O) groups excluding carboxylic acids is 1. The van der Waals surface area contributed by atoms with Gasteiger partial charge < -0.3 is 0 Å². The van der Waals surface area contributed by atoms with E-state index in [1.54, 1.807) is 32.1 Å². The number of amides is 1. The Balaban J connectivity index is 1.40. The molecular weight excluding hydrogens is 597 g/mol. The van der Waals surface area contributed by atoms with Crippen LogP contribution < -0.4 is 0 Å². The Morgan fingerprint density at radius 2 is 1.74 bits per heavy atom. The van der Waals surface area contributed by atoms with Gasteiger partial charge in [-0.15, -0.1) is 0 Å². The van der Waals surface area contributed by atoms with Crippen molar-refractivity contribution in [1.29, 1.82) is 0 Å².